The molecule has 0 radical (unpaired) electrons. The van der Waals surface area contributed by atoms with Crippen LogP contribution < -0.4 is 10.5 Å². The van der Waals surface area contributed by atoms with Gasteiger partial charge in [0, 0.05) is 24.2 Å². The number of rotatable bonds is 6. The summed E-state index contributed by atoms with van der Waals surface area (Å²) < 4.78 is 5.74. The number of nitrogens with zero attached hydrogens (tertiary/aromatic N) is 2. The number of nitrogens with two attached hydrogens (primary N) is 1. The van der Waals surface area contributed by atoms with Crippen LogP contribution in [0.5, 0.6) is 5.75 Å². The fourth-order valence-corrected chi connectivity index (χ4v) is 2.03. The minimum Gasteiger partial charge on any atom is -0.494 e. The minimum absolute atomic E-state index is 0.150. The van der Waals surface area contributed by atoms with Crippen LogP contribution in [0.15, 0.2) is 36.5 Å². The molecule has 2 N–H and O–H groups in total. The largest absolute Gasteiger partial charge is 0.494 e. The molecule has 1 atom stereocenters. The average Bonchev–Trinajstić information content (AvgIpc) is 2.37. The van der Waals surface area contributed by atoms with Crippen molar-refractivity contribution in [2.75, 3.05) is 27.2 Å². The molecule has 1 aromatic carbocycles. The Hall–Kier alpha value is -1.65. The maximum Gasteiger partial charge on any atom is 0.120 e. The lowest BCUT2D eigenvalue weighted by atomic mass is 10.2. The summed E-state index contributed by atoms with van der Waals surface area (Å²) in [5.41, 5.74) is 6.98. The molecule has 4 nitrogen and oxygen atoms in total. The molecular weight excluding hydrogens is 238 g/mol. The first-order valence-electron chi connectivity index (χ1n) is 6.53. The highest BCUT2D eigenvalue weighted by molar-refractivity contribution is 5.79. The van der Waals surface area contributed by atoms with E-state index in [1.54, 1.807) is 6.20 Å². The lowest BCUT2D eigenvalue weighted by molar-refractivity contribution is 0.277. The van der Waals surface area contributed by atoms with Gasteiger partial charge in [-0.2, -0.15) is 0 Å². The van der Waals surface area contributed by atoms with Crippen molar-refractivity contribution in [2.24, 2.45) is 5.73 Å². The number of ether oxygens (including phenoxy) is 1. The van der Waals surface area contributed by atoms with Crippen molar-refractivity contribution in [3.05, 3.63) is 36.5 Å². The first kappa shape index (κ1) is 13.8. The molecule has 2 rings (SSSR count). The van der Waals surface area contributed by atoms with Gasteiger partial charge in [-0.05, 0) is 44.8 Å². The van der Waals surface area contributed by atoms with Crippen LogP contribution in [0, 0.1) is 0 Å². The van der Waals surface area contributed by atoms with E-state index in [0.29, 0.717) is 6.61 Å². The SMILES string of the molecule is CN(C)CC(N)CCOc1ccc2ncccc2c1. The number of pyridine rings is 1. The molecule has 102 valence electrons. The van der Waals surface area contributed by atoms with Gasteiger partial charge < -0.3 is 15.4 Å². The van der Waals surface area contributed by atoms with Crippen molar-refractivity contribution in [1.29, 1.82) is 0 Å². The van der Waals surface area contributed by atoms with Gasteiger partial charge in [0.1, 0.15) is 5.75 Å². The Morgan fingerprint density at radius 3 is 2.95 bits per heavy atom. The van der Waals surface area contributed by atoms with Gasteiger partial charge in [0.05, 0.1) is 12.1 Å². The van der Waals surface area contributed by atoms with Crippen LogP contribution in [0.2, 0.25) is 0 Å². The second-order valence-corrected chi connectivity index (χ2v) is 5.02. The van der Waals surface area contributed by atoms with E-state index in [4.69, 9.17) is 10.5 Å². The van der Waals surface area contributed by atoms with Crippen molar-refractivity contribution < 1.29 is 4.74 Å². The Morgan fingerprint density at radius 1 is 1.32 bits per heavy atom. The number of likely N-dealkylation sites (N-methyl/N-ethyl adjacent to an activating group) is 1. The lowest BCUT2D eigenvalue weighted by Gasteiger charge is -2.17. The highest BCUT2D eigenvalue weighted by atomic mass is 16.5. The number of fused-ring (bicyclic) bond motifs is 1. The Morgan fingerprint density at radius 2 is 2.16 bits per heavy atom. The summed E-state index contributed by atoms with van der Waals surface area (Å²) in [6.07, 6.45) is 2.65. The maximum absolute atomic E-state index is 6.00. The normalized spacial score (nSPS) is 12.8. The molecule has 2 aromatic rings. The van der Waals surface area contributed by atoms with Crippen molar-refractivity contribution in [1.82, 2.24) is 9.88 Å². The third kappa shape index (κ3) is 4.19. The van der Waals surface area contributed by atoms with Gasteiger partial charge in [-0.25, -0.2) is 0 Å². The fraction of sp³-hybridized carbons (Fsp3) is 0.400. The van der Waals surface area contributed by atoms with Crippen LogP contribution in [0.25, 0.3) is 10.9 Å². The molecule has 1 aromatic heterocycles. The summed E-state index contributed by atoms with van der Waals surface area (Å²) in [5, 5.41) is 1.09. The van der Waals surface area contributed by atoms with E-state index in [2.05, 4.69) is 9.88 Å². The summed E-state index contributed by atoms with van der Waals surface area (Å²) in [4.78, 5) is 6.37. The summed E-state index contributed by atoms with van der Waals surface area (Å²) in [6.45, 7) is 1.52. The second kappa shape index (κ2) is 6.50. The van der Waals surface area contributed by atoms with Crippen molar-refractivity contribution in [3.8, 4) is 5.75 Å². The van der Waals surface area contributed by atoms with Crippen molar-refractivity contribution in [2.45, 2.75) is 12.5 Å². The van der Waals surface area contributed by atoms with E-state index in [1.165, 1.54) is 0 Å². The van der Waals surface area contributed by atoms with Crippen molar-refractivity contribution >= 4 is 10.9 Å². The van der Waals surface area contributed by atoms with Crippen LogP contribution in [0.1, 0.15) is 6.42 Å². The van der Waals surface area contributed by atoms with Gasteiger partial charge in [0.15, 0.2) is 0 Å². The maximum atomic E-state index is 6.00. The number of hydrogen-bond donors (Lipinski definition) is 1. The van der Waals surface area contributed by atoms with E-state index in [1.807, 2.05) is 44.4 Å². The van der Waals surface area contributed by atoms with E-state index in [-0.39, 0.29) is 6.04 Å². The Labute approximate surface area is 114 Å². The molecule has 4 heteroatoms. The Balaban J connectivity index is 1.88. The third-order valence-electron chi connectivity index (χ3n) is 2.93. The predicted molar refractivity (Wildman–Crippen MR) is 78.4 cm³/mol. The molecule has 0 amide bonds. The van der Waals surface area contributed by atoms with Crippen molar-refractivity contribution in [3.63, 3.8) is 0 Å². The topological polar surface area (TPSA) is 51.4 Å². The van der Waals surface area contributed by atoms with Gasteiger partial charge >= 0.3 is 0 Å². The Kier molecular flexibility index (Phi) is 4.71. The van der Waals surface area contributed by atoms with E-state index >= 15 is 0 Å². The molecule has 1 heterocycles. The van der Waals surface area contributed by atoms with Crippen LogP contribution in [-0.2, 0) is 0 Å². The van der Waals surface area contributed by atoms with Crippen LogP contribution >= 0.6 is 0 Å². The second-order valence-electron chi connectivity index (χ2n) is 5.02. The van der Waals surface area contributed by atoms with E-state index in [9.17, 15) is 0 Å². The Bertz CT molecular complexity index is 528. The van der Waals surface area contributed by atoms with Crippen LogP contribution in [0.4, 0.5) is 0 Å². The molecule has 0 bridgehead atoms. The molecule has 0 aliphatic heterocycles. The zero-order chi connectivity index (χ0) is 13.7. The molecule has 0 aliphatic carbocycles. The van der Waals surface area contributed by atoms with Gasteiger partial charge in [-0.15, -0.1) is 0 Å². The van der Waals surface area contributed by atoms with Gasteiger partial charge in [0.2, 0.25) is 0 Å². The van der Waals surface area contributed by atoms with Crippen LogP contribution in [-0.4, -0.2) is 43.2 Å². The molecule has 1 unspecified atom stereocenters. The first-order valence-corrected chi connectivity index (χ1v) is 6.53. The lowest BCUT2D eigenvalue weighted by Crippen LogP contribution is -2.34. The minimum atomic E-state index is 0.150. The fourth-order valence-electron chi connectivity index (χ4n) is 2.03. The average molecular weight is 259 g/mol. The third-order valence-corrected chi connectivity index (χ3v) is 2.93. The molecule has 0 spiro atoms. The summed E-state index contributed by atoms with van der Waals surface area (Å²) in [5.74, 6) is 0.873. The van der Waals surface area contributed by atoms with Gasteiger partial charge in [-0.3, -0.25) is 4.98 Å². The highest BCUT2D eigenvalue weighted by Gasteiger charge is 2.04. The van der Waals surface area contributed by atoms with E-state index < -0.39 is 0 Å². The number of aromatic nitrogens is 1. The summed E-state index contributed by atoms with van der Waals surface area (Å²) in [6, 6.07) is 10.1. The first-order chi connectivity index (χ1) is 9.15. The standard InChI is InChI=1S/C15H21N3O/c1-18(2)11-13(16)7-9-19-14-5-6-15-12(10-14)4-3-8-17-15/h3-6,8,10,13H,7,9,11,16H2,1-2H3. The molecule has 19 heavy (non-hydrogen) atoms. The smallest absolute Gasteiger partial charge is 0.120 e. The quantitative estimate of drug-likeness (QED) is 0.860. The molecule has 0 saturated heterocycles. The molecule has 0 saturated carbocycles. The van der Waals surface area contributed by atoms with Crippen LogP contribution in [0.3, 0.4) is 0 Å². The van der Waals surface area contributed by atoms with Gasteiger partial charge in [0.25, 0.3) is 0 Å². The van der Waals surface area contributed by atoms with E-state index in [0.717, 1.165) is 29.6 Å². The predicted octanol–water partition coefficient (Wildman–Crippen LogP) is 1.89. The highest BCUT2D eigenvalue weighted by Crippen LogP contribution is 2.19. The monoisotopic (exact) mass is 259 g/mol. The molecular formula is C15H21N3O. The number of hydrogen-bond acceptors (Lipinski definition) is 4. The summed E-state index contributed by atoms with van der Waals surface area (Å²) >= 11 is 0. The summed E-state index contributed by atoms with van der Waals surface area (Å²) in [7, 11) is 4.05. The number of benzene rings is 1. The van der Waals surface area contributed by atoms with Gasteiger partial charge in [-0.1, -0.05) is 6.07 Å². The zero-order valence-electron chi connectivity index (χ0n) is 11.5. The molecule has 0 aliphatic rings. The molecule has 0 fully saturated rings. The zero-order valence-corrected chi connectivity index (χ0v) is 11.5.